The fourth-order valence-corrected chi connectivity index (χ4v) is 3.86. The van der Waals surface area contributed by atoms with Crippen LogP contribution in [-0.4, -0.2) is 123 Å². The van der Waals surface area contributed by atoms with Crippen LogP contribution in [0.15, 0.2) is 36.4 Å². The number of hydrogen-bond donors (Lipinski definition) is 1. The first kappa shape index (κ1) is 34.2. The Morgan fingerprint density at radius 2 is 1.12 bits per heavy atom. The molecule has 0 bridgehead atoms. The molecule has 0 saturated carbocycles. The maximum absolute atomic E-state index is 11.8. The van der Waals surface area contributed by atoms with Gasteiger partial charge < -0.3 is 28.8 Å². The van der Waals surface area contributed by atoms with Gasteiger partial charge in [0.15, 0.2) is 0 Å². The number of hydrogen-bond acceptors (Lipinski definition) is 12. The van der Waals surface area contributed by atoms with Gasteiger partial charge in [0.2, 0.25) is 0 Å². The van der Waals surface area contributed by atoms with Gasteiger partial charge in [-0.2, -0.15) is 0 Å². The first-order valence-electron chi connectivity index (χ1n) is 13.9. The Morgan fingerprint density at radius 1 is 0.683 bits per heavy atom. The van der Waals surface area contributed by atoms with Crippen molar-refractivity contribution in [3.8, 4) is 0 Å². The van der Waals surface area contributed by atoms with E-state index in [0.29, 0.717) is 84.6 Å². The van der Waals surface area contributed by atoms with Crippen molar-refractivity contribution in [2.45, 2.75) is 26.4 Å². The van der Waals surface area contributed by atoms with Crippen LogP contribution < -0.4 is 0 Å². The standard InChI is InChI=1S/C29H44N4O8/c1-4-16-39-17-13-33(23-25-8-6-10-27(31-25)29(36)38-3)14-19-41-21-20-40-18-12-32(11-15-34)22-24-7-5-9-26(30-24)28(35)37-2/h5-10,34H,4,11-23H2,1-3H3. The van der Waals surface area contributed by atoms with Crippen molar-refractivity contribution in [1.29, 1.82) is 0 Å². The molecule has 1 N–H and O–H groups in total. The SMILES string of the molecule is CCCOCCN(CCOCCOCCN(CCO)Cc1cccc(C(=O)OC)n1)Cc1cccc(C(=O)OC)n1. The molecule has 0 atom stereocenters. The van der Waals surface area contributed by atoms with Crippen LogP contribution in [0, 0.1) is 0 Å². The van der Waals surface area contributed by atoms with Gasteiger partial charge in [0.25, 0.3) is 0 Å². The summed E-state index contributed by atoms with van der Waals surface area (Å²) < 4.78 is 26.7. The molecule has 2 rings (SSSR count). The summed E-state index contributed by atoms with van der Waals surface area (Å²) in [7, 11) is 2.66. The van der Waals surface area contributed by atoms with Gasteiger partial charge in [0.05, 0.1) is 65.2 Å². The number of aromatic nitrogens is 2. The first-order chi connectivity index (χ1) is 20.0. The van der Waals surface area contributed by atoms with E-state index in [0.717, 1.165) is 12.1 Å². The lowest BCUT2D eigenvalue weighted by molar-refractivity contribution is 0.0244. The molecule has 0 spiro atoms. The second-order valence-electron chi connectivity index (χ2n) is 9.12. The predicted octanol–water partition coefficient (Wildman–Crippen LogP) is 1.81. The molecule has 12 heteroatoms. The summed E-state index contributed by atoms with van der Waals surface area (Å²) in [6, 6.07) is 10.5. The second-order valence-corrected chi connectivity index (χ2v) is 9.12. The van der Waals surface area contributed by atoms with Crippen molar-refractivity contribution in [1.82, 2.24) is 19.8 Å². The Labute approximate surface area is 242 Å². The number of pyridine rings is 2. The van der Waals surface area contributed by atoms with E-state index in [1.807, 2.05) is 17.0 Å². The Balaban J connectivity index is 1.72. The third-order valence-electron chi connectivity index (χ3n) is 5.97. The zero-order valence-electron chi connectivity index (χ0n) is 24.5. The Kier molecular flexibility index (Phi) is 17.4. The highest BCUT2D eigenvalue weighted by molar-refractivity contribution is 5.87. The first-order valence-corrected chi connectivity index (χ1v) is 13.9. The maximum atomic E-state index is 11.8. The van der Waals surface area contributed by atoms with Gasteiger partial charge in [-0.25, -0.2) is 19.6 Å². The van der Waals surface area contributed by atoms with E-state index in [1.54, 1.807) is 24.3 Å². The second kappa shape index (κ2) is 20.8. The Bertz CT molecular complexity index is 1030. The summed E-state index contributed by atoms with van der Waals surface area (Å²) in [5.41, 5.74) is 2.01. The Morgan fingerprint density at radius 3 is 1.54 bits per heavy atom. The Hall–Kier alpha value is -3.00. The molecule has 0 fully saturated rings. The summed E-state index contributed by atoms with van der Waals surface area (Å²) in [5.74, 6) is -0.946. The van der Waals surface area contributed by atoms with E-state index >= 15 is 0 Å². The molecule has 0 aliphatic carbocycles. The number of methoxy groups -OCH3 is 2. The number of aliphatic hydroxyl groups is 1. The number of esters is 2. The molecule has 0 aliphatic rings. The van der Waals surface area contributed by atoms with Crippen LogP contribution in [-0.2, 0) is 36.8 Å². The lowest BCUT2D eigenvalue weighted by Gasteiger charge is -2.22. The van der Waals surface area contributed by atoms with Gasteiger partial charge in [-0.3, -0.25) is 9.80 Å². The zero-order chi connectivity index (χ0) is 29.7. The lowest BCUT2D eigenvalue weighted by atomic mass is 10.3. The predicted molar refractivity (Wildman–Crippen MR) is 152 cm³/mol. The van der Waals surface area contributed by atoms with E-state index in [-0.39, 0.29) is 18.0 Å². The van der Waals surface area contributed by atoms with Gasteiger partial charge in [0, 0.05) is 45.9 Å². The number of nitrogens with zero attached hydrogens (tertiary/aromatic N) is 4. The van der Waals surface area contributed by atoms with Crippen molar-refractivity contribution < 1.29 is 38.4 Å². The number of carbonyl (C=O) groups is 2. The maximum Gasteiger partial charge on any atom is 0.356 e. The highest BCUT2D eigenvalue weighted by Gasteiger charge is 2.13. The van der Waals surface area contributed by atoms with Crippen LogP contribution in [0.5, 0.6) is 0 Å². The van der Waals surface area contributed by atoms with Gasteiger partial charge in [0.1, 0.15) is 11.4 Å². The van der Waals surface area contributed by atoms with E-state index in [4.69, 9.17) is 23.7 Å². The molecule has 0 amide bonds. The monoisotopic (exact) mass is 576 g/mol. The van der Waals surface area contributed by atoms with Crippen LogP contribution >= 0.6 is 0 Å². The third-order valence-corrected chi connectivity index (χ3v) is 5.97. The molecule has 12 nitrogen and oxygen atoms in total. The van der Waals surface area contributed by atoms with Gasteiger partial charge >= 0.3 is 11.9 Å². The lowest BCUT2D eigenvalue weighted by Crippen LogP contribution is -2.32. The number of rotatable bonds is 22. The van der Waals surface area contributed by atoms with Crippen molar-refractivity contribution in [2.24, 2.45) is 0 Å². The molecular weight excluding hydrogens is 532 g/mol. The summed E-state index contributed by atoms with van der Waals surface area (Å²) in [6.45, 7) is 8.69. The average Bonchev–Trinajstić information content (AvgIpc) is 2.99. The fourth-order valence-electron chi connectivity index (χ4n) is 3.86. The van der Waals surface area contributed by atoms with Crippen LogP contribution in [0.2, 0.25) is 0 Å². The average molecular weight is 577 g/mol. The van der Waals surface area contributed by atoms with E-state index in [2.05, 4.69) is 21.8 Å². The van der Waals surface area contributed by atoms with Gasteiger partial charge in [-0.05, 0) is 30.7 Å². The topological polar surface area (TPSA) is 133 Å². The summed E-state index contributed by atoms with van der Waals surface area (Å²) in [6.07, 6.45) is 0.961. The molecule has 0 saturated heterocycles. The summed E-state index contributed by atoms with van der Waals surface area (Å²) >= 11 is 0. The highest BCUT2D eigenvalue weighted by atomic mass is 16.5. The zero-order valence-corrected chi connectivity index (χ0v) is 24.5. The number of aliphatic hydroxyl groups excluding tert-OH is 1. The normalized spacial score (nSPS) is 11.3. The molecule has 0 radical (unpaired) electrons. The molecule has 2 aromatic heterocycles. The van der Waals surface area contributed by atoms with E-state index < -0.39 is 11.9 Å². The smallest absolute Gasteiger partial charge is 0.356 e. The molecule has 0 unspecified atom stereocenters. The highest BCUT2D eigenvalue weighted by Crippen LogP contribution is 2.07. The minimum absolute atomic E-state index is 0.00227. The van der Waals surface area contributed by atoms with Crippen molar-refractivity contribution in [3.05, 3.63) is 59.2 Å². The quantitative estimate of drug-likeness (QED) is 0.162. The molecule has 0 aromatic carbocycles. The van der Waals surface area contributed by atoms with Crippen LogP contribution in [0.3, 0.4) is 0 Å². The summed E-state index contributed by atoms with van der Waals surface area (Å²) in [5, 5.41) is 9.43. The van der Waals surface area contributed by atoms with Crippen molar-refractivity contribution in [3.63, 3.8) is 0 Å². The minimum Gasteiger partial charge on any atom is -0.464 e. The van der Waals surface area contributed by atoms with Gasteiger partial charge in [-0.15, -0.1) is 0 Å². The third kappa shape index (κ3) is 14.0. The molecule has 0 aliphatic heterocycles. The van der Waals surface area contributed by atoms with Gasteiger partial charge in [-0.1, -0.05) is 19.1 Å². The van der Waals surface area contributed by atoms with E-state index in [1.165, 1.54) is 14.2 Å². The van der Waals surface area contributed by atoms with Crippen LogP contribution in [0.25, 0.3) is 0 Å². The van der Waals surface area contributed by atoms with Crippen molar-refractivity contribution in [2.75, 3.05) is 86.6 Å². The van der Waals surface area contributed by atoms with Crippen LogP contribution in [0.1, 0.15) is 45.7 Å². The molecular formula is C29H44N4O8. The van der Waals surface area contributed by atoms with Crippen molar-refractivity contribution >= 4 is 11.9 Å². The number of carbonyl (C=O) groups excluding carboxylic acids is 2. The molecule has 228 valence electrons. The summed E-state index contributed by atoms with van der Waals surface area (Å²) in [4.78, 5) is 36.5. The molecule has 2 heterocycles. The largest absolute Gasteiger partial charge is 0.464 e. The number of ether oxygens (including phenoxy) is 5. The fraction of sp³-hybridized carbons (Fsp3) is 0.586. The minimum atomic E-state index is -0.485. The molecule has 41 heavy (non-hydrogen) atoms. The molecule has 2 aromatic rings. The van der Waals surface area contributed by atoms with Crippen LogP contribution in [0.4, 0.5) is 0 Å². The van der Waals surface area contributed by atoms with E-state index in [9.17, 15) is 14.7 Å².